The first-order valence-corrected chi connectivity index (χ1v) is 12.8. The molecule has 0 spiro atoms. The second-order valence-corrected chi connectivity index (χ2v) is 9.79. The van der Waals surface area contributed by atoms with Crippen LogP contribution in [0.15, 0.2) is 54.6 Å². The third-order valence-electron chi connectivity index (χ3n) is 7.07. The number of carbonyl (C=O) groups is 1. The number of carbonyl (C=O) groups excluding carboxylic acids is 1. The Morgan fingerprint density at radius 3 is 2.43 bits per heavy atom. The van der Waals surface area contributed by atoms with E-state index in [9.17, 15) is 4.79 Å². The molecule has 0 saturated carbocycles. The molecule has 0 amide bonds. The van der Waals surface area contributed by atoms with Gasteiger partial charge in [-0.15, -0.1) is 0 Å². The van der Waals surface area contributed by atoms with E-state index in [0.717, 1.165) is 50.4 Å². The van der Waals surface area contributed by atoms with Gasteiger partial charge in [-0.1, -0.05) is 48.6 Å². The van der Waals surface area contributed by atoms with Crippen molar-refractivity contribution in [1.29, 1.82) is 0 Å². The lowest BCUT2D eigenvalue weighted by atomic mass is 9.86. The number of ether oxygens (including phenoxy) is 4. The molecule has 4 rings (SSSR count). The summed E-state index contributed by atoms with van der Waals surface area (Å²) in [6.07, 6.45) is 2.22. The van der Waals surface area contributed by atoms with Crippen LogP contribution >= 0.6 is 0 Å². The first kappa shape index (κ1) is 26.9. The average Bonchev–Trinajstić information content (AvgIpc) is 2.89. The number of fused-ring (bicyclic) bond motifs is 1. The molecule has 0 radical (unpaired) electrons. The van der Waals surface area contributed by atoms with Crippen molar-refractivity contribution in [3.63, 3.8) is 0 Å². The van der Waals surface area contributed by atoms with Crippen LogP contribution in [0.1, 0.15) is 25.0 Å². The van der Waals surface area contributed by atoms with Crippen LogP contribution in [0.4, 0.5) is 0 Å². The van der Waals surface area contributed by atoms with Crippen molar-refractivity contribution < 1.29 is 23.7 Å². The molecule has 1 fully saturated rings. The fourth-order valence-corrected chi connectivity index (χ4v) is 5.10. The number of benzene rings is 2. The summed E-state index contributed by atoms with van der Waals surface area (Å²) < 4.78 is 22.8. The van der Waals surface area contributed by atoms with Crippen LogP contribution in [0.5, 0.6) is 17.2 Å². The molecule has 1 saturated heterocycles. The van der Waals surface area contributed by atoms with E-state index >= 15 is 0 Å². The smallest absolute Gasteiger partial charge is 0.308 e. The highest BCUT2D eigenvalue weighted by Crippen LogP contribution is 2.43. The van der Waals surface area contributed by atoms with E-state index < -0.39 is 5.97 Å². The summed E-state index contributed by atoms with van der Waals surface area (Å²) in [4.78, 5) is 16.4. The number of hydrogen-bond acceptors (Lipinski definition) is 7. The number of nitrogens with zero attached hydrogens (tertiary/aromatic N) is 2. The minimum atomic E-state index is -0.410. The summed E-state index contributed by atoms with van der Waals surface area (Å²) in [6, 6.07) is 14.0. The molecule has 7 nitrogen and oxygen atoms in total. The topological polar surface area (TPSA) is 60.5 Å². The van der Waals surface area contributed by atoms with E-state index in [1.807, 2.05) is 12.1 Å². The van der Waals surface area contributed by atoms with Crippen LogP contribution in [0.2, 0.25) is 0 Å². The van der Waals surface area contributed by atoms with Crippen molar-refractivity contribution in [3.05, 3.63) is 65.7 Å². The van der Waals surface area contributed by atoms with Crippen molar-refractivity contribution in [2.24, 2.45) is 5.92 Å². The standard InChI is InChI=1S/C30H38N2O5/c1-21(15-24-9-7-6-8-10-24)18-31-11-13-32(14-12-31)19-30(35-5)26-20-36-27-17-29(37-23(3)33)28(34-4)16-25(27)22(26)2/h6-10,15-17,26,30H,2,11-14,18-20H2,1,3-5H3/b21-15+. The van der Waals surface area contributed by atoms with Gasteiger partial charge < -0.3 is 18.9 Å². The van der Waals surface area contributed by atoms with E-state index in [-0.39, 0.29) is 12.0 Å². The van der Waals surface area contributed by atoms with Crippen LogP contribution in [0.25, 0.3) is 11.6 Å². The predicted octanol–water partition coefficient (Wildman–Crippen LogP) is 4.38. The van der Waals surface area contributed by atoms with Crippen molar-refractivity contribution in [3.8, 4) is 17.2 Å². The summed E-state index contributed by atoms with van der Waals surface area (Å²) in [5.41, 5.74) is 4.42. The zero-order valence-electron chi connectivity index (χ0n) is 22.4. The van der Waals surface area contributed by atoms with E-state index in [2.05, 4.69) is 53.6 Å². The Hall–Kier alpha value is -3.13. The molecule has 0 aromatic heterocycles. The van der Waals surface area contributed by atoms with E-state index in [4.69, 9.17) is 18.9 Å². The van der Waals surface area contributed by atoms with Gasteiger partial charge >= 0.3 is 5.97 Å². The minimum Gasteiger partial charge on any atom is -0.493 e. The molecule has 2 unspecified atom stereocenters. The van der Waals surface area contributed by atoms with Crippen LogP contribution in [-0.4, -0.2) is 82.0 Å². The van der Waals surface area contributed by atoms with E-state index in [0.29, 0.717) is 23.9 Å². The molecule has 0 aliphatic carbocycles. The fourth-order valence-electron chi connectivity index (χ4n) is 5.10. The number of methoxy groups -OCH3 is 2. The molecule has 2 aromatic carbocycles. The molecule has 2 aliphatic rings. The van der Waals surface area contributed by atoms with Gasteiger partial charge in [0.2, 0.25) is 0 Å². The van der Waals surface area contributed by atoms with Gasteiger partial charge in [0, 0.05) is 70.8 Å². The summed E-state index contributed by atoms with van der Waals surface area (Å²) in [5, 5.41) is 0. The number of piperazine rings is 1. The van der Waals surface area contributed by atoms with Gasteiger partial charge in [0.25, 0.3) is 0 Å². The highest BCUT2D eigenvalue weighted by atomic mass is 16.6. The van der Waals surface area contributed by atoms with Crippen molar-refractivity contribution in [2.45, 2.75) is 20.0 Å². The van der Waals surface area contributed by atoms with Gasteiger partial charge in [-0.2, -0.15) is 0 Å². The second-order valence-electron chi connectivity index (χ2n) is 9.79. The minimum absolute atomic E-state index is 0.0101. The maximum atomic E-state index is 11.5. The lowest BCUT2D eigenvalue weighted by molar-refractivity contribution is -0.132. The molecule has 2 aromatic rings. The molecule has 0 bridgehead atoms. The Morgan fingerprint density at radius 1 is 1.08 bits per heavy atom. The normalized spacial score (nSPS) is 19.6. The quantitative estimate of drug-likeness (QED) is 0.370. The van der Waals surface area contributed by atoms with Gasteiger partial charge in [0.05, 0.1) is 19.8 Å². The van der Waals surface area contributed by atoms with Gasteiger partial charge in [0.1, 0.15) is 5.75 Å². The lowest BCUT2D eigenvalue weighted by Crippen LogP contribution is -2.50. The summed E-state index contributed by atoms with van der Waals surface area (Å²) in [6.45, 7) is 14.2. The predicted molar refractivity (Wildman–Crippen MR) is 146 cm³/mol. The zero-order valence-corrected chi connectivity index (χ0v) is 22.4. The van der Waals surface area contributed by atoms with Gasteiger partial charge in [0.15, 0.2) is 11.5 Å². The largest absolute Gasteiger partial charge is 0.493 e. The summed E-state index contributed by atoms with van der Waals surface area (Å²) in [7, 11) is 3.31. The van der Waals surface area contributed by atoms with Crippen LogP contribution < -0.4 is 14.2 Å². The Bertz CT molecular complexity index is 1120. The Morgan fingerprint density at radius 2 is 1.78 bits per heavy atom. The number of rotatable bonds is 9. The second kappa shape index (κ2) is 12.4. The Balaban J connectivity index is 1.35. The molecule has 7 heteroatoms. The van der Waals surface area contributed by atoms with E-state index in [1.54, 1.807) is 20.3 Å². The fraction of sp³-hybridized carbons (Fsp3) is 0.433. The molecule has 198 valence electrons. The SMILES string of the molecule is C=C1c2cc(OC)c(OC(C)=O)cc2OCC1C(CN1CCN(C/C(C)=C/c2ccccc2)CC1)OC. The Kier molecular flexibility index (Phi) is 9.03. The molecular weight excluding hydrogens is 468 g/mol. The van der Waals surface area contributed by atoms with E-state index in [1.165, 1.54) is 18.1 Å². The molecule has 37 heavy (non-hydrogen) atoms. The monoisotopic (exact) mass is 506 g/mol. The lowest BCUT2D eigenvalue weighted by Gasteiger charge is -2.39. The number of esters is 1. The molecule has 0 N–H and O–H groups in total. The zero-order chi connectivity index (χ0) is 26.4. The maximum Gasteiger partial charge on any atom is 0.308 e. The highest BCUT2D eigenvalue weighted by molar-refractivity contribution is 5.77. The average molecular weight is 507 g/mol. The molecule has 2 heterocycles. The first-order valence-electron chi connectivity index (χ1n) is 12.8. The maximum absolute atomic E-state index is 11.5. The van der Waals surface area contributed by atoms with Crippen LogP contribution in [0, 0.1) is 5.92 Å². The third-order valence-corrected chi connectivity index (χ3v) is 7.07. The van der Waals surface area contributed by atoms with Gasteiger partial charge in [-0.3, -0.25) is 14.6 Å². The van der Waals surface area contributed by atoms with Crippen molar-refractivity contribution in [2.75, 3.05) is 60.1 Å². The third kappa shape index (κ3) is 6.80. The van der Waals surface area contributed by atoms with Crippen molar-refractivity contribution >= 4 is 17.6 Å². The Labute approximate surface area is 220 Å². The summed E-state index contributed by atoms with van der Waals surface area (Å²) >= 11 is 0. The van der Waals surface area contributed by atoms with Crippen LogP contribution in [0.3, 0.4) is 0 Å². The number of hydrogen-bond donors (Lipinski definition) is 0. The van der Waals surface area contributed by atoms with Crippen LogP contribution in [-0.2, 0) is 9.53 Å². The van der Waals surface area contributed by atoms with Crippen molar-refractivity contribution in [1.82, 2.24) is 9.80 Å². The van der Waals surface area contributed by atoms with Gasteiger partial charge in [-0.25, -0.2) is 0 Å². The first-order chi connectivity index (χ1) is 17.9. The molecular formula is C30H38N2O5. The molecule has 2 aliphatic heterocycles. The molecule has 2 atom stereocenters. The summed E-state index contributed by atoms with van der Waals surface area (Å²) in [5.74, 6) is 1.06. The van der Waals surface area contributed by atoms with Gasteiger partial charge in [-0.05, 0) is 24.1 Å². The highest BCUT2D eigenvalue weighted by Gasteiger charge is 2.34.